The fourth-order valence-corrected chi connectivity index (χ4v) is 8.44. The number of nitriles is 1. The first-order valence-electron chi connectivity index (χ1n) is 19.4. The molecule has 7 rings (SSSR count). The van der Waals surface area contributed by atoms with Crippen LogP contribution in [-0.2, 0) is 35.7 Å². The molecule has 310 valence electrons. The second-order valence-electron chi connectivity index (χ2n) is 14.9. The third-order valence-electron chi connectivity index (χ3n) is 10.7. The number of halogens is 2. The molecule has 5 N–H and O–H groups in total. The van der Waals surface area contributed by atoms with Gasteiger partial charge >= 0.3 is 5.97 Å². The van der Waals surface area contributed by atoms with Gasteiger partial charge in [0.05, 0.1) is 29.4 Å². The summed E-state index contributed by atoms with van der Waals surface area (Å²) in [6.07, 6.45) is 5.55. The van der Waals surface area contributed by atoms with Crippen molar-refractivity contribution in [1.82, 2.24) is 30.9 Å². The molecule has 5 aromatic rings. The average molecular weight is 942 g/mol. The third-order valence-corrected chi connectivity index (χ3v) is 12.1. The number of hydrogen-bond acceptors (Lipinski definition) is 12. The molecule has 0 spiro atoms. The van der Waals surface area contributed by atoms with Crippen molar-refractivity contribution < 1.29 is 34.0 Å². The number of nitrogens with one attached hydrogen (secondary N) is 3. The molecular weight excluding hydrogens is 898 g/mol. The van der Waals surface area contributed by atoms with E-state index >= 15 is 0 Å². The van der Waals surface area contributed by atoms with Crippen LogP contribution in [0.3, 0.4) is 0 Å². The van der Waals surface area contributed by atoms with E-state index in [0.29, 0.717) is 53.0 Å². The number of aliphatic hydroxyl groups is 1. The fourth-order valence-electron chi connectivity index (χ4n) is 7.30. The van der Waals surface area contributed by atoms with Gasteiger partial charge in [-0.15, -0.1) is 0 Å². The minimum atomic E-state index is -1.60. The standard InChI is InChI=1S/C44H43Br2N7O7/c1-44(24-54,43(56)57)50-21-28-16-35(45)42(53-41(28)59-23-26-15-25(17-47)18-48-19-26)60-37-13-11-31-30(5-3-6-32(31)37)33-7-4-8-34(39(33)46)36-12-9-27(40(52-36)58-2)20-49-22-29-10-14-38(55)51-29/h3-9,12,15-16,18-19,29,37,49-50,54H,10-11,13-14,20-24H2,1-2H3,(H,51,55)(H,56,57)/t29-,37-,44-/m0/s1. The Balaban J connectivity index is 1.12. The molecule has 2 aromatic carbocycles. The highest BCUT2D eigenvalue weighted by Gasteiger charge is 2.33. The molecule has 16 heteroatoms. The number of aromatic nitrogens is 3. The number of carboxylic acids is 1. The summed E-state index contributed by atoms with van der Waals surface area (Å²) < 4.78 is 19.9. The minimum absolute atomic E-state index is 0.0105. The highest BCUT2D eigenvalue weighted by molar-refractivity contribution is 9.11. The van der Waals surface area contributed by atoms with Crippen LogP contribution in [0.5, 0.6) is 17.6 Å². The van der Waals surface area contributed by atoms with Crippen LogP contribution in [-0.4, -0.2) is 68.9 Å². The number of nitrogens with zero attached hydrogens (tertiary/aromatic N) is 4. The molecule has 1 fully saturated rings. The second-order valence-corrected chi connectivity index (χ2v) is 16.5. The zero-order chi connectivity index (χ0) is 42.4. The van der Waals surface area contributed by atoms with E-state index < -0.39 is 18.1 Å². The second kappa shape index (κ2) is 18.9. The fraction of sp³-hybridized carbons (Fsp3) is 0.318. The predicted octanol–water partition coefficient (Wildman–Crippen LogP) is 6.55. The lowest BCUT2D eigenvalue weighted by atomic mass is 9.95. The number of amides is 1. The van der Waals surface area contributed by atoms with Crippen molar-refractivity contribution in [2.24, 2.45) is 0 Å². The normalized spacial score (nSPS) is 16.7. The number of carbonyl (C=O) groups is 2. The van der Waals surface area contributed by atoms with Gasteiger partial charge in [0.2, 0.25) is 23.5 Å². The number of carboxylic acid groups (broad SMARTS) is 1. The Hall–Kier alpha value is -5.44. The molecular formula is C44H43Br2N7O7. The topological polar surface area (TPSA) is 201 Å². The molecule has 2 aliphatic rings. The van der Waals surface area contributed by atoms with Gasteiger partial charge in [0.15, 0.2) is 0 Å². The van der Waals surface area contributed by atoms with Gasteiger partial charge in [0.1, 0.15) is 24.3 Å². The van der Waals surface area contributed by atoms with Gasteiger partial charge in [0, 0.05) is 71.2 Å². The van der Waals surface area contributed by atoms with Gasteiger partial charge < -0.3 is 35.1 Å². The number of methoxy groups -OCH3 is 1. The summed E-state index contributed by atoms with van der Waals surface area (Å²) >= 11 is 7.54. The van der Waals surface area contributed by atoms with Crippen molar-refractivity contribution >= 4 is 43.7 Å². The van der Waals surface area contributed by atoms with Gasteiger partial charge in [-0.3, -0.25) is 19.9 Å². The lowest BCUT2D eigenvalue weighted by Crippen LogP contribution is -2.52. The van der Waals surface area contributed by atoms with E-state index in [1.807, 2.05) is 30.3 Å². The number of hydrogen-bond donors (Lipinski definition) is 5. The third kappa shape index (κ3) is 9.46. The summed E-state index contributed by atoms with van der Waals surface area (Å²) in [5.74, 6) is -0.110. The summed E-state index contributed by atoms with van der Waals surface area (Å²) in [5, 5.41) is 38.2. The van der Waals surface area contributed by atoms with Crippen LogP contribution in [0.2, 0.25) is 0 Å². The lowest BCUT2D eigenvalue weighted by Gasteiger charge is -2.24. The predicted molar refractivity (Wildman–Crippen MR) is 229 cm³/mol. The van der Waals surface area contributed by atoms with Crippen LogP contribution in [0.4, 0.5) is 0 Å². The summed E-state index contributed by atoms with van der Waals surface area (Å²) in [6.45, 7) is 2.03. The largest absolute Gasteiger partial charge is 0.481 e. The SMILES string of the molecule is COc1nc(-c2cccc(-c3cccc4c3CC[C@@H]4Oc3nc(OCc4cncc(C#N)c4)c(CN[C@@](C)(CO)C(=O)O)cc3Br)c2Br)ccc1CNC[C@@H]1CCC(=O)N1. The van der Waals surface area contributed by atoms with E-state index in [-0.39, 0.29) is 43.0 Å². The summed E-state index contributed by atoms with van der Waals surface area (Å²) in [4.78, 5) is 37.3. The van der Waals surface area contributed by atoms with Crippen molar-refractivity contribution in [3.63, 3.8) is 0 Å². The number of aliphatic carboxylic acids is 1. The van der Waals surface area contributed by atoms with E-state index in [1.165, 1.54) is 13.1 Å². The number of ether oxygens (including phenoxy) is 3. The molecule has 0 bridgehead atoms. The van der Waals surface area contributed by atoms with Crippen molar-refractivity contribution in [2.45, 2.75) is 70.0 Å². The number of benzene rings is 2. The Bertz CT molecular complexity index is 2460. The first-order chi connectivity index (χ1) is 29.0. The van der Waals surface area contributed by atoms with Gasteiger partial charge in [-0.05, 0) is 98.5 Å². The molecule has 3 aromatic heterocycles. The van der Waals surface area contributed by atoms with Crippen molar-refractivity contribution in [2.75, 3.05) is 20.3 Å². The first-order valence-corrected chi connectivity index (χ1v) is 21.0. The van der Waals surface area contributed by atoms with Gasteiger partial charge in [-0.2, -0.15) is 10.2 Å². The van der Waals surface area contributed by atoms with Crippen LogP contribution in [0.25, 0.3) is 22.4 Å². The number of pyridine rings is 3. The van der Waals surface area contributed by atoms with Crippen LogP contribution in [0, 0.1) is 11.3 Å². The molecule has 1 aliphatic heterocycles. The molecule has 4 heterocycles. The summed E-state index contributed by atoms with van der Waals surface area (Å²) in [5.41, 5.74) is 6.78. The Morgan fingerprint density at radius 1 is 0.983 bits per heavy atom. The molecule has 60 heavy (non-hydrogen) atoms. The van der Waals surface area contributed by atoms with E-state index in [9.17, 15) is 25.1 Å². The van der Waals surface area contributed by atoms with Crippen LogP contribution in [0.1, 0.15) is 65.7 Å². The Labute approximate surface area is 364 Å². The van der Waals surface area contributed by atoms with Crippen LogP contribution < -0.4 is 30.2 Å². The highest BCUT2D eigenvalue weighted by atomic mass is 79.9. The Morgan fingerprint density at radius 2 is 1.78 bits per heavy atom. The maximum Gasteiger partial charge on any atom is 0.326 e. The minimum Gasteiger partial charge on any atom is -0.481 e. The van der Waals surface area contributed by atoms with Crippen molar-refractivity contribution in [1.29, 1.82) is 5.26 Å². The number of carbonyl (C=O) groups excluding carboxylic acids is 1. The molecule has 1 saturated heterocycles. The maximum atomic E-state index is 11.9. The molecule has 3 atom stereocenters. The summed E-state index contributed by atoms with van der Waals surface area (Å²) in [6, 6.07) is 21.9. The molecule has 0 unspecified atom stereocenters. The number of aliphatic hydroxyl groups excluding tert-OH is 1. The Morgan fingerprint density at radius 3 is 2.53 bits per heavy atom. The average Bonchev–Trinajstić information content (AvgIpc) is 3.88. The molecule has 0 saturated carbocycles. The van der Waals surface area contributed by atoms with Crippen molar-refractivity contribution in [3.8, 4) is 46.1 Å². The quantitative estimate of drug-likeness (QED) is 0.0673. The van der Waals surface area contributed by atoms with Gasteiger partial charge in [-0.25, -0.2) is 4.98 Å². The first kappa shape index (κ1) is 42.7. The molecule has 14 nitrogen and oxygen atoms in total. The van der Waals surface area contributed by atoms with Crippen LogP contribution >= 0.6 is 31.9 Å². The molecule has 1 aliphatic carbocycles. The van der Waals surface area contributed by atoms with Gasteiger partial charge in [0.25, 0.3) is 0 Å². The number of fused-ring (bicyclic) bond motifs is 1. The Kier molecular flexibility index (Phi) is 13.4. The zero-order valence-electron chi connectivity index (χ0n) is 32.9. The smallest absolute Gasteiger partial charge is 0.326 e. The van der Waals surface area contributed by atoms with E-state index in [1.54, 1.807) is 25.4 Å². The van der Waals surface area contributed by atoms with E-state index in [4.69, 9.17) is 24.2 Å². The summed E-state index contributed by atoms with van der Waals surface area (Å²) in [7, 11) is 1.61. The van der Waals surface area contributed by atoms with Crippen molar-refractivity contribution in [3.05, 3.63) is 115 Å². The lowest BCUT2D eigenvalue weighted by molar-refractivity contribution is -0.146. The van der Waals surface area contributed by atoms with E-state index in [2.05, 4.69) is 77.1 Å². The highest BCUT2D eigenvalue weighted by Crippen LogP contribution is 2.45. The molecule has 0 radical (unpaired) electrons. The molecule has 1 amide bonds. The monoisotopic (exact) mass is 939 g/mol. The van der Waals surface area contributed by atoms with E-state index in [0.717, 1.165) is 56.4 Å². The van der Waals surface area contributed by atoms with Crippen LogP contribution in [0.15, 0.2) is 82.0 Å². The zero-order valence-corrected chi connectivity index (χ0v) is 36.1. The number of rotatable bonds is 17. The maximum absolute atomic E-state index is 11.9. The van der Waals surface area contributed by atoms with Gasteiger partial charge in [-0.1, -0.05) is 42.5 Å².